The van der Waals surface area contributed by atoms with Crippen LogP contribution in [0.3, 0.4) is 0 Å². The quantitative estimate of drug-likeness (QED) is 0.666. The van der Waals surface area contributed by atoms with Crippen LogP contribution in [0.2, 0.25) is 0 Å². The van der Waals surface area contributed by atoms with Crippen molar-refractivity contribution in [3.05, 3.63) is 5.82 Å². The van der Waals surface area contributed by atoms with Crippen LogP contribution >= 0.6 is 11.6 Å². The van der Waals surface area contributed by atoms with Crippen LogP contribution in [-0.4, -0.2) is 40.7 Å². The average Bonchev–Trinajstić information content (AvgIpc) is 2.66. The maximum absolute atomic E-state index is 11.4. The summed E-state index contributed by atoms with van der Waals surface area (Å²) >= 11 is 5.53. The van der Waals surface area contributed by atoms with E-state index in [-0.39, 0.29) is 18.2 Å². The largest absolute Gasteiger partial charge is 0.212 e. The van der Waals surface area contributed by atoms with Gasteiger partial charge in [0, 0.05) is 5.88 Å². The van der Waals surface area contributed by atoms with E-state index in [9.17, 15) is 8.42 Å². The normalized spacial score (nSPS) is 14.0. The van der Waals surface area contributed by atoms with Crippen molar-refractivity contribution in [2.75, 3.05) is 11.6 Å². The van der Waals surface area contributed by atoms with Gasteiger partial charge >= 0.3 is 0 Å². The Balaban J connectivity index is 2.43. The molecule has 9 heteroatoms. The molecule has 0 bridgehead atoms. The number of sulfonamides is 1. The van der Waals surface area contributed by atoms with E-state index in [0.29, 0.717) is 11.7 Å². The Labute approximate surface area is 92.6 Å². The van der Waals surface area contributed by atoms with E-state index in [4.69, 9.17) is 11.6 Å². The zero-order chi connectivity index (χ0) is 11.3. The molecule has 0 aromatic carbocycles. The fourth-order valence-corrected chi connectivity index (χ4v) is 2.48. The maximum atomic E-state index is 11.4. The van der Waals surface area contributed by atoms with E-state index in [0.717, 1.165) is 0 Å². The van der Waals surface area contributed by atoms with Crippen LogP contribution in [0.1, 0.15) is 12.7 Å². The first-order chi connectivity index (χ1) is 7.03. The highest BCUT2D eigenvalue weighted by atomic mass is 35.5. The lowest BCUT2D eigenvalue weighted by molar-refractivity contribution is 0.566. The molecule has 0 saturated heterocycles. The van der Waals surface area contributed by atoms with Gasteiger partial charge in [0.2, 0.25) is 10.0 Å². The first-order valence-corrected chi connectivity index (χ1v) is 6.48. The Morgan fingerprint density at radius 1 is 1.60 bits per heavy atom. The summed E-state index contributed by atoms with van der Waals surface area (Å²) in [6, 6.07) is 0. The molecule has 1 atom stereocenters. The predicted molar refractivity (Wildman–Crippen MR) is 54.7 cm³/mol. The van der Waals surface area contributed by atoms with Gasteiger partial charge in [-0.25, -0.2) is 13.1 Å². The number of alkyl halides is 1. The van der Waals surface area contributed by atoms with Crippen LogP contribution in [-0.2, 0) is 16.6 Å². The molecule has 0 fully saturated rings. The van der Waals surface area contributed by atoms with Gasteiger partial charge in [0.15, 0.2) is 5.82 Å². The highest BCUT2D eigenvalue weighted by Gasteiger charge is 2.15. The van der Waals surface area contributed by atoms with E-state index in [1.54, 1.807) is 6.92 Å². The number of H-pyrrole nitrogens is 1. The van der Waals surface area contributed by atoms with Gasteiger partial charge in [0.25, 0.3) is 0 Å². The number of tetrazole rings is 1. The molecule has 1 unspecified atom stereocenters. The summed E-state index contributed by atoms with van der Waals surface area (Å²) in [4.78, 5) is 0. The van der Waals surface area contributed by atoms with Crippen molar-refractivity contribution in [2.45, 2.75) is 13.5 Å². The summed E-state index contributed by atoms with van der Waals surface area (Å²) < 4.78 is 25.2. The van der Waals surface area contributed by atoms with Gasteiger partial charge in [0.05, 0.1) is 12.3 Å². The third-order valence-electron chi connectivity index (χ3n) is 1.61. The van der Waals surface area contributed by atoms with Crippen molar-refractivity contribution in [3.63, 3.8) is 0 Å². The van der Waals surface area contributed by atoms with Gasteiger partial charge in [-0.2, -0.15) is 5.21 Å². The number of halogens is 1. The predicted octanol–water partition coefficient (Wildman–Crippen LogP) is -0.506. The zero-order valence-electron chi connectivity index (χ0n) is 8.14. The van der Waals surface area contributed by atoms with E-state index in [1.165, 1.54) is 0 Å². The Morgan fingerprint density at radius 3 is 2.87 bits per heavy atom. The molecule has 0 radical (unpaired) electrons. The number of hydrogen-bond donors (Lipinski definition) is 2. The van der Waals surface area contributed by atoms with Gasteiger partial charge in [0.1, 0.15) is 0 Å². The lowest BCUT2D eigenvalue weighted by Crippen LogP contribution is -2.29. The molecular formula is C6H12ClN5O2S. The highest BCUT2D eigenvalue weighted by molar-refractivity contribution is 7.89. The summed E-state index contributed by atoms with van der Waals surface area (Å²) in [5.41, 5.74) is 0. The summed E-state index contributed by atoms with van der Waals surface area (Å²) in [6.07, 6.45) is 0. The molecule has 2 N–H and O–H groups in total. The van der Waals surface area contributed by atoms with Crippen LogP contribution in [0.4, 0.5) is 0 Å². The Kier molecular flexibility index (Phi) is 4.43. The first-order valence-electron chi connectivity index (χ1n) is 4.29. The van der Waals surface area contributed by atoms with Gasteiger partial charge in [-0.15, -0.1) is 21.8 Å². The molecule has 1 aromatic rings. The van der Waals surface area contributed by atoms with Gasteiger partial charge < -0.3 is 0 Å². The number of aromatic amines is 1. The number of aromatic nitrogens is 4. The van der Waals surface area contributed by atoms with Crippen LogP contribution in [0.5, 0.6) is 0 Å². The average molecular weight is 254 g/mol. The summed E-state index contributed by atoms with van der Waals surface area (Å²) in [7, 11) is -3.33. The minimum absolute atomic E-state index is 0.00560. The second-order valence-corrected chi connectivity index (χ2v) is 5.35. The van der Waals surface area contributed by atoms with Crippen LogP contribution in [0, 0.1) is 5.92 Å². The van der Waals surface area contributed by atoms with Crippen molar-refractivity contribution in [1.29, 1.82) is 0 Å². The molecule has 1 rings (SSSR count). The molecule has 0 amide bonds. The molecule has 0 aliphatic carbocycles. The molecule has 7 nitrogen and oxygen atoms in total. The van der Waals surface area contributed by atoms with Crippen molar-refractivity contribution in [1.82, 2.24) is 25.3 Å². The SMILES string of the molecule is CC(CCl)CS(=O)(=O)NCc1nn[nH]n1. The maximum Gasteiger partial charge on any atom is 0.212 e. The second kappa shape index (κ2) is 5.38. The van der Waals surface area contributed by atoms with Crippen LogP contribution in [0.25, 0.3) is 0 Å². The molecular weight excluding hydrogens is 242 g/mol. The lowest BCUT2D eigenvalue weighted by atomic mass is 10.3. The van der Waals surface area contributed by atoms with Crippen molar-refractivity contribution in [3.8, 4) is 0 Å². The van der Waals surface area contributed by atoms with E-state index in [2.05, 4.69) is 25.3 Å². The molecule has 86 valence electrons. The van der Waals surface area contributed by atoms with E-state index < -0.39 is 10.0 Å². The van der Waals surface area contributed by atoms with Gasteiger partial charge in [-0.05, 0) is 5.92 Å². The molecule has 1 aromatic heterocycles. The Morgan fingerprint density at radius 2 is 2.33 bits per heavy atom. The molecule has 0 aliphatic rings. The third kappa shape index (κ3) is 4.54. The molecule has 0 spiro atoms. The van der Waals surface area contributed by atoms with E-state index in [1.807, 2.05) is 0 Å². The van der Waals surface area contributed by atoms with Gasteiger partial charge in [-0.1, -0.05) is 12.1 Å². The second-order valence-electron chi connectivity index (χ2n) is 3.19. The Bertz CT molecular complexity index is 378. The monoisotopic (exact) mass is 253 g/mol. The van der Waals surface area contributed by atoms with Crippen molar-refractivity contribution < 1.29 is 8.42 Å². The van der Waals surface area contributed by atoms with Crippen molar-refractivity contribution >= 4 is 21.6 Å². The fourth-order valence-electron chi connectivity index (χ4n) is 0.910. The summed E-state index contributed by atoms with van der Waals surface area (Å²) in [5.74, 6) is 0.517. The highest BCUT2D eigenvalue weighted by Crippen LogP contribution is 2.02. The third-order valence-corrected chi connectivity index (χ3v) is 3.73. The minimum Gasteiger partial charge on any atom is -0.212 e. The molecule has 0 saturated carbocycles. The van der Waals surface area contributed by atoms with Crippen molar-refractivity contribution in [2.24, 2.45) is 5.92 Å². The zero-order valence-corrected chi connectivity index (χ0v) is 9.72. The first kappa shape index (κ1) is 12.3. The topological polar surface area (TPSA) is 101 Å². The molecule has 15 heavy (non-hydrogen) atoms. The smallest absolute Gasteiger partial charge is 0.212 e. The number of hydrogen-bond acceptors (Lipinski definition) is 5. The Hall–Kier alpha value is -0.730. The standard InChI is InChI=1S/C6H12ClN5O2S/c1-5(2-7)4-15(13,14)8-3-6-9-11-12-10-6/h5,8H,2-4H2,1H3,(H,9,10,11,12). The van der Waals surface area contributed by atoms with E-state index >= 15 is 0 Å². The lowest BCUT2D eigenvalue weighted by Gasteiger charge is -2.08. The summed E-state index contributed by atoms with van der Waals surface area (Å²) in [5, 5.41) is 12.8. The van der Waals surface area contributed by atoms with Crippen LogP contribution < -0.4 is 4.72 Å². The fraction of sp³-hybridized carbons (Fsp3) is 0.833. The molecule has 0 aliphatic heterocycles. The minimum atomic E-state index is -3.33. The molecule has 1 heterocycles. The number of rotatable bonds is 6. The van der Waals surface area contributed by atoms with Crippen LogP contribution in [0.15, 0.2) is 0 Å². The number of nitrogens with zero attached hydrogens (tertiary/aromatic N) is 3. The van der Waals surface area contributed by atoms with Gasteiger partial charge in [-0.3, -0.25) is 0 Å². The number of nitrogens with one attached hydrogen (secondary N) is 2. The summed E-state index contributed by atoms with van der Waals surface area (Å²) in [6.45, 7) is 1.80.